The number of hydrogen-bond acceptors (Lipinski definition) is 8. The first-order valence-electron chi connectivity index (χ1n) is 11.1. The van der Waals surface area contributed by atoms with Crippen LogP contribution in [0.4, 0.5) is 0 Å². The van der Waals surface area contributed by atoms with Crippen molar-refractivity contribution in [3.63, 3.8) is 0 Å². The standard InChI is InChI=1S/C22H46N4O4P2/c1-19(2,3)23-31-25(21(7,8)9)32(24-20(4,5)6,26(31)22(10,11)12)16(18(28)30-14)15-17(27)29-13/h23-24H,15H2,1-14H3/p+1. The van der Waals surface area contributed by atoms with Crippen LogP contribution in [0, 0.1) is 0 Å². The Labute approximate surface area is 197 Å². The zero-order valence-corrected chi connectivity index (χ0v) is 24.6. The largest absolute Gasteiger partial charge is 0.469 e. The number of nitrogens with zero attached hydrogens (tertiary/aromatic N) is 2. The predicted octanol–water partition coefficient (Wildman–Crippen LogP) is 4.61. The van der Waals surface area contributed by atoms with E-state index >= 15 is 0 Å². The Morgan fingerprint density at radius 1 is 0.781 bits per heavy atom. The second-order valence-electron chi connectivity index (χ2n) is 12.3. The fourth-order valence-electron chi connectivity index (χ4n) is 3.87. The van der Waals surface area contributed by atoms with Gasteiger partial charge >= 0.3 is 11.9 Å². The highest BCUT2D eigenvalue weighted by atomic mass is 31.3. The Morgan fingerprint density at radius 2 is 1.22 bits per heavy atom. The Hall–Kier alpha value is -0.490. The Kier molecular flexibility index (Phi) is 8.90. The van der Waals surface area contributed by atoms with Gasteiger partial charge in [-0.15, -0.1) is 0 Å². The SMILES string of the molecule is COC(=O)CC(C(=O)OC)=P1(NC(C)(C)C)N(C(C)(C)C)[PH+](NC(C)(C)C)N1C(C)(C)C. The zero-order chi connectivity index (χ0) is 25.5. The molecule has 0 atom stereocenters. The normalized spacial score (nSPS) is 23.5. The number of carbonyl (C=O) groups excluding carboxylic acids is 2. The van der Waals surface area contributed by atoms with Gasteiger partial charge in [0, 0.05) is 11.1 Å². The summed E-state index contributed by atoms with van der Waals surface area (Å²) in [6.45, 7) is 25.7. The summed E-state index contributed by atoms with van der Waals surface area (Å²) in [5, 5.41) is 8.13. The average molecular weight is 494 g/mol. The Balaban J connectivity index is 4.16. The molecular formula is C22H47N4O4P2+. The lowest BCUT2D eigenvalue weighted by atomic mass is 10.1. The van der Waals surface area contributed by atoms with Gasteiger partial charge < -0.3 is 9.47 Å². The van der Waals surface area contributed by atoms with Crippen LogP contribution >= 0.6 is 15.7 Å². The molecular weight excluding hydrogens is 446 g/mol. The van der Waals surface area contributed by atoms with Crippen LogP contribution in [0.2, 0.25) is 0 Å². The summed E-state index contributed by atoms with van der Waals surface area (Å²) >= 11 is 0. The van der Waals surface area contributed by atoms with Crippen molar-refractivity contribution in [1.82, 2.24) is 19.1 Å². The molecule has 188 valence electrons. The van der Waals surface area contributed by atoms with E-state index < -0.39 is 27.7 Å². The second-order valence-corrected chi connectivity index (χ2v) is 17.6. The van der Waals surface area contributed by atoms with E-state index in [-0.39, 0.29) is 28.6 Å². The van der Waals surface area contributed by atoms with Crippen molar-refractivity contribution >= 4 is 32.9 Å². The molecule has 0 amide bonds. The molecule has 0 unspecified atom stereocenters. The van der Waals surface area contributed by atoms with Gasteiger partial charge in [-0.2, -0.15) is 5.09 Å². The molecule has 0 spiro atoms. The van der Waals surface area contributed by atoms with Gasteiger partial charge in [-0.25, -0.2) is 4.79 Å². The minimum Gasteiger partial charge on any atom is -0.469 e. The molecule has 0 aliphatic carbocycles. The van der Waals surface area contributed by atoms with Gasteiger partial charge in [0.15, 0.2) is 7.34 Å². The van der Waals surface area contributed by atoms with Crippen molar-refractivity contribution in [3.05, 3.63) is 0 Å². The molecule has 1 saturated heterocycles. The first kappa shape index (κ1) is 29.5. The van der Waals surface area contributed by atoms with Gasteiger partial charge in [-0.05, 0) is 83.1 Å². The zero-order valence-electron chi connectivity index (χ0n) is 22.7. The maximum absolute atomic E-state index is 13.3. The molecule has 1 heterocycles. The van der Waals surface area contributed by atoms with Gasteiger partial charge in [0.25, 0.3) is 0 Å². The second kappa shape index (κ2) is 9.64. The molecule has 2 N–H and O–H groups in total. The fourth-order valence-corrected chi connectivity index (χ4v) is 14.6. The first-order valence-corrected chi connectivity index (χ1v) is 14.2. The topological polar surface area (TPSA) is 83.1 Å². The number of esters is 2. The van der Waals surface area contributed by atoms with E-state index in [1.165, 1.54) is 14.2 Å². The predicted molar refractivity (Wildman–Crippen MR) is 138 cm³/mol. The third kappa shape index (κ3) is 6.55. The molecule has 0 bridgehead atoms. The summed E-state index contributed by atoms with van der Waals surface area (Å²) in [7, 11) is -1.47. The minimum atomic E-state index is -2.71. The number of nitrogens with one attached hydrogen (secondary N) is 2. The van der Waals surface area contributed by atoms with E-state index in [9.17, 15) is 9.59 Å². The Morgan fingerprint density at radius 3 is 1.50 bits per heavy atom. The van der Waals surface area contributed by atoms with Crippen molar-refractivity contribution in [3.8, 4) is 0 Å². The maximum atomic E-state index is 13.3. The molecule has 1 rings (SSSR count). The van der Waals surface area contributed by atoms with E-state index in [1.54, 1.807) is 0 Å². The lowest BCUT2D eigenvalue weighted by Gasteiger charge is -2.64. The van der Waals surface area contributed by atoms with E-state index in [4.69, 9.17) is 9.47 Å². The van der Waals surface area contributed by atoms with Crippen LogP contribution in [0.25, 0.3) is 0 Å². The van der Waals surface area contributed by atoms with Crippen molar-refractivity contribution in [2.24, 2.45) is 0 Å². The summed E-state index contributed by atoms with van der Waals surface area (Å²) in [5.74, 6) is -0.923. The highest BCUT2D eigenvalue weighted by molar-refractivity contribution is 7.91. The summed E-state index contributed by atoms with van der Waals surface area (Å²) in [5.41, 5.74) is -1.02. The monoisotopic (exact) mass is 493 g/mol. The summed E-state index contributed by atoms with van der Waals surface area (Å²) in [6, 6.07) is 0. The summed E-state index contributed by atoms with van der Waals surface area (Å²) in [4.78, 5) is 25.8. The molecule has 1 aliphatic rings. The van der Waals surface area contributed by atoms with Crippen LogP contribution in [0.15, 0.2) is 0 Å². The van der Waals surface area contributed by atoms with Crippen molar-refractivity contribution in [2.45, 2.75) is 112 Å². The number of methoxy groups -OCH3 is 2. The third-order valence-corrected chi connectivity index (χ3v) is 15.0. The molecule has 1 fully saturated rings. The van der Waals surface area contributed by atoms with Crippen LogP contribution in [0.3, 0.4) is 0 Å². The summed E-state index contributed by atoms with van der Waals surface area (Å²) in [6.07, 6.45) is -0.121. The van der Waals surface area contributed by atoms with Crippen LogP contribution in [-0.2, 0) is 19.1 Å². The fraction of sp³-hybridized carbons (Fsp3) is 0.864. The van der Waals surface area contributed by atoms with Crippen molar-refractivity contribution in [2.75, 3.05) is 14.2 Å². The van der Waals surface area contributed by atoms with E-state index in [1.807, 2.05) is 0 Å². The molecule has 0 aromatic carbocycles. The first-order chi connectivity index (χ1) is 14.1. The molecule has 0 aromatic rings. The van der Waals surface area contributed by atoms with E-state index in [0.717, 1.165) is 0 Å². The number of rotatable bonds is 5. The smallest absolute Gasteiger partial charge is 0.338 e. The molecule has 0 radical (unpaired) electrons. The lowest BCUT2D eigenvalue weighted by molar-refractivity contribution is -0.140. The molecule has 0 saturated carbocycles. The average Bonchev–Trinajstić information content (AvgIpc) is 2.51. The van der Waals surface area contributed by atoms with Crippen LogP contribution in [0.5, 0.6) is 0 Å². The number of ether oxygens (including phenoxy) is 2. The maximum Gasteiger partial charge on any atom is 0.338 e. The highest BCUT2D eigenvalue weighted by Gasteiger charge is 2.70. The van der Waals surface area contributed by atoms with Crippen molar-refractivity contribution in [1.29, 1.82) is 0 Å². The van der Waals surface area contributed by atoms with Gasteiger partial charge in [0.1, 0.15) is 0 Å². The van der Waals surface area contributed by atoms with Gasteiger partial charge in [-0.3, -0.25) is 9.88 Å². The van der Waals surface area contributed by atoms with Crippen molar-refractivity contribution < 1.29 is 19.1 Å². The molecule has 10 heteroatoms. The highest BCUT2D eigenvalue weighted by Crippen LogP contribution is 2.84. The van der Waals surface area contributed by atoms with E-state index in [0.29, 0.717) is 5.29 Å². The third-order valence-electron chi connectivity index (χ3n) is 4.57. The lowest BCUT2D eigenvalue weighted by Crippen LogP contribution is -2.65. The van der Waals surface area contributed by atoms with Gasteiger partial charge in [0.2, 0.25) is 8.37 Å². The van der Waals surface area contributed by atoms with Crippen LogP contribution < -0.4 is 10.2 Å². The molecule has 1 aliphatic heterocycles. The quantitative estimate of drug-likeness (QED) is 0.425. The minimum absolute atomic E-state index is 0.121. The van der Waals surface area contributed by atoms with E-state index in [2.05, 4.69) is 102 Å². The number of carbonyl (C=O) groups is 2. The Bertz CT molecular complexity index is 745. The molecule has 0 aromatic heterocycles. The number of hydrogen-bond donors (Lipinski definition) is 2. The van der Waals surface area contributed by atoms with Gasteiger partial charge in [0.05, 0.1) is 37.0 Å². The summed E-state index contributed by atoms with van der Waals surface area (Å²) < 4.78 is 15.1. The molecule has 8 nitrogen and oxygen atoms in total. The van der Waals surface area contributed by atoms with Gasteiger partial charge in [-0.1, -0.05) is 8.88 Å². The molecule has 32 heavy (non-hydrogen) atoms. The van der Waals surface area contributed by atoms with Crippen LogP contribution in [-0.4, -0.2) is 62.5 Å². The van der Waals surface area contributed by atoms with Crippen LogP contribution in [0.1, 0.15) is 89.5 Å².